The predicted octanol–water partition coefficient (Wildman–Crippen LogP) is 2.06. The van der Waals surface area contributed by atoms with Gasteiger partial charge in [-0.1, -0.05) is 48.5 Å². The van der Waals surface area contributed by atoms with Crippen LogP contribution in [0.1, 0.15) is 30.4 Å². The summed E-state index contributed by atoms with van der Waals surface area (Å²) in [4.78, 5) is 51.0. The predicted molar refractivity (Wildman–Crippen MR) is 123 cm³/mol. The Kier molecular flexibility index (Phi) is 6.54. The van der Waals surface area contributed by atoms with E-state index in [0.29, 0.717) is 0 Å². The van der Waals surface area contributed by atoms with Crippen molar-refractivity contribution in [2.24, 2.45) is 0 Å². The highest BCUT2D eigenvalue weighted by Gasteiger charge is 2.38. The van der Waals surface area contributed by atoms with Crippen LogP contribution < -0.4 is 5.32 Å². The van der Waals surface area contributed by atoms with Crippen LogP contribution in [-0.2, 0) is 19.1 Å². The molecule has 9 heteroatoms. The number of alkyl carbamates (subject to hydrolysis) is 1. The number of ether oxygens (including phenoxy) is 1. The zero-order valence-corrected chi connectivity index (χ0v) is 19.1. The van der Waals surface area contributed by atoms with E-state index in [2.05, 4.69) is 17.4 Å². The van der Waals surface area contributed by atoms with Gasteiger partial charge in [0.05, 0.1) is 6.54 Å². The lowest BCUT2D eigenvalue weighted by molar-refractivity contribution is -0.159. The third-order valence-corrected chi connectivity index (χ3v) is 6.35. The lowest BCUT2D eigenvalue weighted by atomic mass is 9.98. The number of hydrogen-bond donors (Lipinski definition) is 2. The molecule has 4 rings (SSSR count). The summed E-state index contributed by atoms with van der Waals surface area (Å²) < 4.78 is 5.50. The number of nitrogens with zero attached hydrogens (tertiary/aromatic N) is 2. The Morgan fingerprint density at radius 2 is 1.68 bits per heavy atom. The van der Waals surface area contributed by atoms with Gasteiger partial charge in [-0.3, -0.25) is 9.59 Å². The fourth-order valence-corrected chi connectivity index (χ4v) is 4.58. The van der Waals surface area contributed by atoms with Crippen LogP contribution in [0.25, 0.3) is 11.1 Å². The molecule has 2 aromatic rings. The summed E-state index contributed by atoms with van der Waals surface area (Å²) in [7, 11) is 1.50. The monoisotopic (exact) mass is 465 g/mol. The number of hydrogen-bond acceptors (Lipinski definition) is 5. The van der Waals surface area contributed by atoms with Crippen molar-refractivity contribution in [1.29, 1.82) is 0 Å². The van der Waals surface area contributed by atoms with E-state index in [0.717, 1.165) is 27.2 Å². The van der Waals surface area contributed by atoms with E-state index in [4.69, 9.17) is 4.74 Å². The topological polar surface area (TPSA) is 116 Å². The molecule has 34 heavy (non-hydrogen) atoms. The first-order valence-corrected chi connectivity index (χ1v) is 11.1. The summed E-state index contributed by atoms with van der Waals surface area (Å²) in [5.74, 6) is -2.10. The molecule has 2 atom stereocenters. The number of aliphatic carboxylic acids is 1. The van der Waals surface area contributed by atoms with Crippen molar-refractivity contribution in [3.8, 4) is 11.1 Å². The number of benzene rings is 2. The van der Waals surface area contributed by atoms with E-state index in [-0.39, 0.29) is 37.9 Å². The van der Waals surface area contributed by atoms with E-state index in [1.807, 2.05) is 36.4 Å². The Balaban J connectivity index is 1.34. The first-order valence-electron chi connectivity index (χ1n) is 11.1. The van der Waals surface area contributed by atoms with Gasteiger partial charge in [-0.15, -0.1) is 0 Å². The summed E-state index contributed by atoms with van der Waals surface area (Å²) in [6.45, 7) is 1.40. The molecule has 0 aromatic heterocycles. The number of carbonyl (C=O) groups excluding carboxylic acids is 3. The van der Waals surface area contributed by atoms with E-state index in [1.54, 1.807) is 6.92 Å². The summed E-state index contributed by atoms with van der Waals surface area (Å²) in [5.41, 5.74) is 4.44. The molecule has 2 unspecified atom stereocenters. The second-order valence-electron chi connectivity index (χ2n) is 8.72. The summed E-state index contributed by atoms with van der Waals surface area (Å²) in [6, 6.07) is 14.3. The van der Waals surface area contributed by atoms with Crippen LogP contribution in [0.4, 0.5) is 4.79 Å². The van der Waals surface area contributed by atoms with Gasteiger partial charge in [-0.2, -0.15) is 0 Å². The minimum absolute atomic E-state index is 0.0753. The van der Waals surface area contributed by atoms with Gasteiger partial charge in [-0.05, 0) is 29.2 Å². The molecule has 9 nitrogen and oxygen atoms in total. The van der Waals surface area contributed by atoms with Gasteiger partial charge in [0.15, 0.2) is 0 Å². The largest absolute Gasteiger partial charge is 0.480 e. The van der Waals surface area contributed by atoms with Crippen molar-refractivity contribution in [2.75, 3.05) is 26.7 Å². The van der Waals surface area contributed by atoms with E-state index < -0.39 is 30.1 Å². The number of fused-ring (bicyclic) bond motifs is 3. The second-order valence-corrected chi connectivity index (χ2v) is 8.72. The van der Waals surface area contributed by atoms with Gasteiger partial charge in [0.1, 0.15) is 19.2 Å². The van der Waals surface area contributed by atoms with E-state index >= 15 is 0 Å². The molecule has 178 valence electrons. The summed E-state index contributed by atoms with van der Waals surface area (Å²) >= 11 is 0. The van der Waals surface area contributed by atoms with Crippen molar-refractivity contribution in [3.05, 3.63) is 59.7 Å². The van der Waals surface area contributed by atoms with Crippen LogP contribution in [0.5, 0.6) is 0 Å². The molecule has 2 aromatic carbocycles. The molecule has 1 aliphatic carbocycles. The summed E-state index contributed by atoms with van der Waals surface area (Å²) in [6.07, 6.45) is -0.809. The van der Waals surface area contributed by atoms with Crippen molar-refractivity contribution >= 4 is 23.9 Å². The molecule has 3 amide bonds. The Labute approximate surface area is 197 Å². The molecule has 1 aliphatic heterocycles. The van der Waals surface area contributed by atoms with E-state index in [9.17, 15) is 24.3 Å². The zero-order valence-electron chi connectivity index (χ0n) is 19.1. The number of likely N-dealkylation sites (N-methyl/N-ethyl adjacent to an activating group) is 1. The first kappa shape index (κ1) is 23.3. The van der Waals surface area contributed by atoms with Crippen molar-refractivity contribution < 1.29 is 29.0 Å². The lowest BCUT2D eigenvalue weighted by Crippen LogP contribution is -2.60. The third-order valence-electron chi connectivity index (χ3n) is 6.35. The highest BCUT2D eigenvalue weighted by atomic mass is 16.5. The third kappa shape index (κ3) is 4.59. The Hall–Kier alpha value is -3.88. The van der Waals surface area contributed by atoms with Crippen molar-refractivity contribution in [2.45, 2.75) is 31.3 Å². The quantitative estimate of drug-likeness (QED) is 0.675. The van der Waals surface area contributed by atoms with Crippen LogP contribution in [0.2, 0.25) is 0 Å². The van der Waals surface area contributed by atoms with Gasteiger partial charge in [-0.25, -0.2) is 9.59 Å². The SMILES string of the molecule is CC(CC(=O)N1CC(=O)N(C)CC1C(=O)O)NC(=O)OCC1c2ccccc2-c2ccccc21. The molecule has 0 bridgehead atoms. The number of nitrogens with one attached hydrogen (secondary N) is 1. The minimum Gasteiger partial charge on any atom is -0.480 e. The van der Waals surface area contributed by atoms with Gasteiger partial charge < -0.3 is 25.0 Å². The molecule has 2 N–H and O–H groups in total. The average Bonchev–Trinajstić information content (AvgIpc) is 3.12. The van der Waals surface area contributed by atoms with Crippen LogP contribution in [-0.4, -0.2) is 77.6 Å². The smallest absolute Gasteiger partial charge is 0.407 e. The highest BCUT2D eigenvalue weighted by Crippen LogP contribution is 2.44. The van der Waals surface area contributed by atoms with Crippen LogP contribution in [0, 0.1) is 0 Å². The number of piperazine rings is 1. The maximum absolute atomic E-state index is 12.7. The van der Waals surface area contributed by atoms with Gasteiger partial charge in [0.2, 0.25) is 11.8 Å². The average molecular weight is 466 g/mol. The van der Waals surface area contributed by atoms with E-state index in [1.165, 1.54) is 11.9 Å². The molecular weight excluding hydrogens is 438 g/mol. The van der Waals surface area contributed by atoms with Crippen LogP contribution >= 0.6 is 0 Å². The molecule has 2 aliphatic rings. The number of carbonyl (C=O) groups is 4. The minimum atomic E-state index is -1.18. The molecule has 0 saturated carbocycles. The van der Waals surface area contributed by atoms with Gasteiger partial charge >= 0.3 is 12.1 Å². The number of carboxylic acids is 1. The fraction of sp³-hybridized carbons (Fsp3) is 0.360. The second kappa shape index (κ2) is 9.54. The first-order chi connectivity index (χ1) is 16.3. The van der Waals surface area contributed by atoms with Crippen LogP contribution in [0.3, 0.4) is 0 Å². The molecular formula is C25H27N3O6. The Bertz CT molecular complexity index is 1090. The fourth-order valence-electron chi connectivity index (χ4n) is 4.58. The lowest BCUT2D eigenvalue weighted by Gasteiger charge is -2.37. The number of carboxylic acid groups (broad SMARTS) is 1. The normalized spacial score (nSPS) is 18.2. The maximum Gasteiger partial charge on any atom is 0.407 e. The van der Waals surface area contributed by atoms with Gasteiger partial charge in [0.25, 0.3) is 0 Å². The summed E-state index contributed by atoms with van der Waals surface area (Å²) in [5, 5.41) is 12.1. The Morgan fingerprint density at radius 3 is 2.26 bits per heavy atom. The maximum atomic E-state index is 12.7. The van der Waals surface area contributed by atoms with Crippen LogP contribution in [0.15, 0.2) is 48.5 Å². The molecule has 1 heterocycles. The van der Waals surface area contributed by atoms with Gasteiger partial charge in [0, 0.05) is 25.4 Å². The highest BCUT2D eigenvalue weighted by molar-refractivity contribution is 5.91. The standard InChI is InChI=1S/C25H27N3O6/c1-15(11-22(29)28-13-23(30)27(2)12-21(28)24(31)32)26-25(33)34-14-20-18-9-5-3-7-16(18)17-8-4-6-10-19(17)20/h3-10,15,20-21H,11-14H2,1-2H3,(H,26,33)(H,31,32). The number of rotatable bonds is 6. The number of amides is 3. The van der Waals surface area contributed by atoms with Crippen molar-refractivity contribution in [1.82, 2.24) is 15.1 Å². The molecule has 1 fully saturated rings. The molecule has 1 saturated heterocycles. The molecule has 0 spiro atoms. The van der Waals surface area contributed by atoms with Crippen molar-refractivity contribution in [3.63, 3.8) is 0 Å². The zero-order chi connectivity index (χ0) is 24.4. The molecule has 0 radical (unpaired) electrons. The Morgan fingerprint density at radius 1 is 1.09 bits per heavy atom.